The van der Waals surface area contributed by atoms with Crippen molar-refractivity contribution in [2.24, 2.45) is 0 Å². The van der Waals surface area contributed by atoms with Gasteiger partial charge in [-0.25, -0.2) is 9.07 Å². The zero-order valence-corrected chi connectivity index (χ0v) is 18.0. The minimum atomic E-state index is -0.237. The Bertz CT molecular complexity index is 963. The number of para-hydroxylation sites is 1. The molecule has 2 aromatic carbocycles. The average molecular weight is 411 g/mol. The molecule has 1 aromatic heterocycles. The van der Waals surface area contributed by atoms with Gasteiger partial charge in [0.25, 0.3) is 0 Å². The van der Waals surface area contributed by atoms with Gasteiger partial charge in [-0.1, -0.05) is 37.3 Å². The van der Waals surface area contributed by atoms with Gasteiger partial charge in [0.05, 0.1) is 11.1 Å². The molecular formula is C23H31FN6+2. The lowest BCUT2D eigenvalue weighted by Crippen LogP contribution is -3.26. The van der Waals surface area contributed by atoms with Gasteiger partial charge < -0.3 is 4.90 Å². The van der Waals surface area contributed by atoms with Crippen LogP contribution in [0.3, 0.4) is 0 Å². The lowest BCUT2D eigenvalue weighted by atomic mass is 9.98. The van der Waals surface area contributed by atoms with Crippen molar-refractivity contribution in [3.05, 3.63) is 71.8 Å². The maximum atomic E-state index is 14.9. The zero-order chi connectivity index (χ0) is 21.1. The third-order valence-electron chi connectivity index (χ3n) is 6.49. The molecule has 30 heavy (non-hydrogen) atoms. The van der Waals surface area contributed by atoms with Crippen LogP contribution < -0.4 is 9.80 Å². The molecule has 158 valence electrons. The summed E-state index contributed by atoms with van der Waals surface area (Å²) in [5.41, 5.74) is 1.74. The molecule has 0 amide bonds. The summed E-state index contributed by atoms with van der Waals surface area (Å²) in [7, 11) is 0. The molecule has 1 atom stereocenters. The zero-order valence-electron chi connectivity index (χ0n) is 18.0. The fraction of sp³-hybridized carbons (Fsp3) is 0.435. The second-order valence-electron chi connectivity index (χ2n) is 8.70. The van der Waals surface area contributed by atoms with Crippen molar-refractivity contribution in [2.75, 3.05) is 26.2 Å². The highest BCUT2D eigenvalue weighted by molar-refractivity contribution is 5.28. The third kappa shape index (κ3) is 4.00. The molecule has 1 fully saturated rings. The first-order valence-corrected chi connectivity index (χ1v) is 10.8. The maximum Gasteiger partial charge on any atom is 0.214 e. The van der Waals surface area contributed by atoms with E-state index in [1.165, 1.54) is 21.6 Å². The molecule has 7 heteroatoms. The Hall–Kier alpha value is -2.64. The molecule has 0 unspecified atom stereocenters. The molecule has 1 aliphatic rings. The van der Waals surface area contributed by atoms with E-state index in [0.717, 1.165) is 38.4 Å². The van der Waals surface area contributed by atoms with Crippen LogP contribution in [0.25, 0.3) is 0 Å². The largest absolute Gasteiger partial charge is 0.313 e. The Kier molecular flexibility index (Phi) is 5.92. The summed E-state index contributed by atoms with van der Waals surface area (Å²) in [6, 6.07) is 17.4. The van der Waals surface area contributed by atoms with Crippen molar-refractivity contribution in [1.29, 1.82) is 0 Å². The monoisotopic (exact) mass is 410 g/mol. The first kappa shape index (κ1) is 20.6. The predicted molar refractivity (Wildman–Crippen MR) is 113 cm³/mol. The van der Waals surface area contributed by atoms with Gasteiger partial charge in [-0.2, -0.15) is 0 Å². The Balaban J connectivity index is 1.67. The topological polar surface area (TPSA) is 52.5 Å². The molecule has 2 heterocycles. The van der Waals surface area contributed by atoms with E-state index in [0.29, 0.717) is 5.56 Å². The molecule has 1 aliphatic heterocycles. The minimum absolute atomic E-state index is 0.198. The maximum absolute atomic E-state index is 14.9. The van der Waals surface area contributed by atoms with Gasteiger partial charge in [0.15, 0.2) is 6.04 Å². The van der Waals surface area contributed by atoms with Crippen molar-refractivity contribution in [2.45, 2.75) is 38.8 Å². The number of hydrogen-bond donors (Lipinski definition) is 2. The Labute approximate surface area is 177 Å². The summed E-state index contributed by atoms with van der Waals surface area (Å²) in [6.07, 6.45) is 0.885. The fourth-order valence-electron chi connectivity index (χ4n) is 4.33. The molecule has 0 spiro atoms. The standard InChI is InChI=1S/C23H29FN6/c1-4-23(2,3)30-22(25-26-27-30)21(19-12-8-9-13-20(19)24)29-16-14-28(15-17-29)18-10-6-5-7-11-18/h5-13,21H,4,14-17H2,1-3H3/p+2/t21-/m1/s1. The van der Waals surface area contributed by atoms with Crippen LogP contribution in [0.15, 0.2) is 54.6 Å². The summed E-state index contributed by atoms with van der Waals surface area (Å²) in [5, 5.41) is 12.7. The smallest absolute Gasteiger partial charge is 0.214 e. The van der Waals surface area contributed by atoms with Gasteiger partial charge >= 0.3 is 0 Å². The number of tetrazole rings is 1. The van der Waals surface area contributed by atoms with E-state index >= 15 is 0 Å². The number of benzene rings is 2. The minimum Gasteiger partial charge on any atom is -0.313 e. The van der Waals surface area contributed by atoms with Crippen molar-refractivity contribution in [3.8, 4) is 0 Å². The molecule has 2 N–H and O–H groups in total. The summed E-state index contributed by atoms with van der Waals surface area (Å²) in [5.74, 6) is 0.543. The van der Waals surface area contributed by atoms with Crippen LogP contribution in [0.4, 0.5) is 10.1 Å². The second kappa shape index (κ2) is 8.62. The first-order chi connectivity index (χ1) is 14.5. The number of halogens is 1. The van der Waals surface area contributed by atoms with Crippen molar-refractivity contribution in [1.82, 2.24) is 20.2 Å². The Morgan fingerprint density at radius 1 is 1.00 bits per heavy atom. The average Bonchev–Trinajstić information content (AvgIpc) is 3.27. The number of nitrogens with zero attached hydrogens (tertiary/aromatic N) is 4. The van der Waals surface area contributed by atoms with E-state index in [9.17, 15) is 4.39 Å². The third-order valence-corrected chi connectivity index (χ3v) is 6.49. The van der Waals surface area contributed by atoms with Crippen LogP contribution >= 0.6 is 0 Å². The summed E-state index contributed by atoms with van der Waals surface area (Å²) < 4.78 is 16.8. The van der Waals surface area contributed by atoms with Crippen molar-refractivity contribution >= 4 is 5.69 Å². The van der Waals surface area contributed by atoms with E-state index < -0.39 is 0 Å². The van der Waals surface area contributed by atoms with Crippen LogP contribution in [0.5, 0.6) is 0 Å². The number of quaternary nitrogens is 2. The van der Waals surface area contributed by atoms with Gasteiger partial charge in [-0.05, 0) is 55.0 Å². The summed E-state index contributed by atoms with van der Waals surface area (Å²) in [4.78, 5) is 2.78. The van der Waals surface area contributed by atoms with E-state index in [-0.39, 0.29) is 17.4 Å². The molecule has 3 aromatic rings. The Morgan fingerprint density at radius 2 is 1.67 bits per heavy atom. The molecule has 4 rings (SSSR count). The lowest BCUT2D eigenvalue weighted by Gasteiger charge is -2.35. The first-order valence-electron chi connectivity index (χ1n) is 10.8. The van der Waals surface area contributed by atoms with E-state index in [2.05, 4.69) is 60.6 Å². The molecule has 1 saturated heterocycles. The van der Waals surface area contributed by atoms with E-state index in [1.54, 1.807) is 6.07 Å². The van der Waals surface area contributed by atoms with Crippen molar-refractivity contribution < 1.29 is 14.2 Å². The van der Waals surface area contributed by atoms with Crippen LogP contribution in [0, 0.1) is 5.82 Å². The number of hydrogen-bond acceptors (Lipinski definition) is 3. The van der Waals surface area contributed by atoms with Crippen LogP contribution in [-0.2, 0) is 5.54 Å². The number of rotatable bonds is 6. The highest BCUT2D eigenvalue weighted by atomic mass is 19.1. The Morgan fingerprint density at radius 3 is 2.33 bits per heavy atom. The number of aromatic nitrogens is 4. The predicted octanol–water partition coefficient (Wildman–Crippen LogP) is 1.16. The lowest BCUT2D eigenvalue weighted by molar-refractivity contribution is -1.00. The SMILES string of the molecule is CCC(C)(C)n1nnnc1[C@@H](c1ccccc1F)[NH+]1CC[NH+](c2ccccc2)CC1. The van der Waals surface area contributed by atoms with Gasteiger partial charge in [0.1, 0.15) is 37.7 Å². The normalized spacial score (nSPS) is 20.8. The quantitative estimate of drug-likeness (QED) is 0.641. The molecule has 0 saturated carbocycles. The van der Waals surface area contributed by atoms with Crippen LogP contribution in [-0.4, -0.2) is 46.4 Å². The summed E-state index contributed by atoms with van der Waals surface area (Å²) in [6.45, 7) is 10.2. The molecule has 0 bridgehead atoms. The molecule has 6 nitrogen and oxygen atoms in total. The van der Waals surface area contributed by atoms with Crippen LogP contribution in [0.1, 0.15) is 44.6 Å². The van der Waals surface area contributed by atoms with Gasteiger partial charge in [-0.3, -0.25) is 4.90 Å². The fourth-order valence-corrected chi connectivity index (χ4v) is 4.33. The van der Waals surface area contributed by atoms with E-state index in [4.69, 9.17) is 0 Å². The van der Waals surface area contributed by atoms with Crippen molar-refractivity contribution in [3.63, 3.8) is 0 Å². The second-order valence-corrected chi connectivity index (χ2v) is 8.70. The molecule has 0 radical (unpaired) electrons. The highest BCUT2D eigenvalue weighted by Gasteiger charge is 2.39. The van der Waals surface area contributed by atoms with Gasteiger partial charge in [-0.15, -0.1) is 5.10 Å². The summed E-state index contributed by atoms with van der Waals surface area (Å²) >= 11 is 0. The molecular weight excluding hydrogens is 379 g/mol. The highest BCUT2D eigenvalue weighted by Crippen LogP contribution is 2.26. The number of nitrogens with one attached hydrogen (secondary N) is 2. The van der Waals surface area contributed by atoms with Crippen LogP contribution in [0.2, 0.25) is 0 Å². The van der Waals surface area contributed by atoms with Gasteiger partial charge in [0, 0.05) is 0 Å². The van der Waals surface area contributed by atoms with Gasteiger partial charge in [0.2, 0.25) is 5.82 Å². The molecule has 0 aliphatic carbocycles. The number of piperazine rings is 1. The van der Waals surface area contributed by atoms with E-state index in [1.807, 2.05) is 22.9 Å².